The van der Waals surface area contributed by atoms with E-state index in [2.05, 4.69) is 30.3 Å². The molecule has 1 heteroatoms. The largest absolute Gasteiger partial charge is 0.361 e. The van der Waals surface area contributed by atoms with Gasteiger partial charge >= 0.3 is 0 Å². The molecule has 2 unspecified atom stereocenters. The summed E-state index contributed by atoms with van der Waals surface area (Å²) in [6, 6.07) is 10.8. The van der Waals surface area contributed by atoms with Crippen LogP contribution in [-0.2, 0) is 10.3 Å². The molecule has 3 aliphatic rings. The molecule has 0 aromatic heterocycles. The maximum atomic E-state index is 6.03. The van der Waals surface area contributed by atoms with Crippen molar-refractivity contribution in [2.75, 3.05) is 0 Å². The first-order valence-corrected chi connectivity index (χ1v) is 6.07. The molecule has 1 saturated heterocycles. The highest BCUT2D eigenvalue weighted by molar-refractivity contribution is 5.31. The summed E-state index contributed by atoms with van der Waals surface area (Å²) in [5.41, 5.74) is 2.26. The van der Waals surface area contributed by atoms with Crippen molar-refractivity contribution in [1.82, 2.24) is 0 Å². The molecular weight excluding hydrogens is 184 g/mol. The van der Waals surface area contributed by atoms with E-state index < -0.39 is 0 Å². The molecule has 1 aliphatic heterocycles. The third-order valence-corrected chi connectivity index (χ3v) is 4.68. The normalized spacial score (nSPS) is 39.9. The molecule has 1 aromatic carbocycles. The van der Waals surface area contributed by atoms with Crippen molar-refractivity contribution in [2.24, 2.45) is 5.41 Å². The Balaban J connectivity index is 1.64. The molecule has 15 heavy (non-hydrogen) atoms. The number of rotatable bonds is 1. The lowest BCUT2D eigenvalue weighted by molar-refractivity contribution is 0.281. The molecule has 0 N–H and O–H groups in total. The van der Waals surface area contributed by atoms with Crippen LogP contribution in [0.3, 0.4) is 0 Å². The van der Waals surface area contributed by atoms with Gasteiger partial charge < -0.3 is 4.74 Å². The lowest BCUT2D eigenvalue weighted by Crippen LogP contribution is -2.23. The van der Waals surface area contributed by atoms with Crippen LogP contribution in [-0.4, -0.2) is 6.10 Å². The Morgan fingerprint density at radius 3 is 2.40 bits per heavy atom. The molecule has 4 rings (SSSR count). The minimum Gasteiger partial charge on any atom is -0.361 e. The minimum absolute atomic E-state index is 0.134. The van der Waals surface area contributed by atoms with E-state index >= 15 is 0 Å². The van der Waals surface area contributed by atoms with E-state index in [1.807, 2.05) is 0 Å². The van der Waals surface area contributed by atoms with Gasteiger partial charge in [0.15, 0.2) is 0 Å². The van der Waals surface area contributed by atoms with Crippen LogP contribution >= 0.6 is 0 Å². The van der Waals surface area contributed by atoms with Crippen molar-refractivity contribution in [2.45, 2.75) is 43.8 Å². The summed E-state index contributed by atoms with van der Waals surface area (Å²) in [5, 5.41) is 0. The molecule has 1 heterocycles. The first kappa shape index (κ1) is 8.35. The molecule has 0 bridgehead atoms. The number of epoxide rings is 1. The van der Waals surface area contributed by atoms with Crippen LogP contribution in [0.1, 0.15) is 37.7 Å². The van der Waals surface area contributed by atoms with Crippen LogP contribution in [0.2, 0.25) is 0 Å². The standard InChI is InChI=1S/C14H16O/c1-2-4-11(5-3-1)14-9-8-13(6-7-13)10-12(14)15-14/h1-5,12H,6-10H2. The van der Waals surface area contributed by atoms with Crippen molar-refractivity contribution in [1.29, 1.82) is 0 Å². The number of ether oxygens (including phenoxy) is 1. The van der Waals surface area contributed by atoms with Crippen LogP contribution in [0.25, 0.3) is 0 Å². The highest BCUT2D eigenvalue weighted by Crippen LogP contribution is 2.67. The average Bonchev–Trinajstić information content (AvgIpc) is 3.18. The number of fused-ring (bicyclic) bond motifs is 1. The van der Waals surface area contributed by atoms with Crippen LogP contribution < -0.4 is 0 Å². The topological polar surface area (TPSA) is 12.5 Å². The van der Waals surface area contributed by atoms with Crippen molar-refractivity contribution in [3.63, 3.8) is 0 Å². The second kappa shape index (κ2) is 2.46. The molecular formula is C14H16O. The highest BCUT2D eigenvalue weighted by atomic mass is 16.6. The lowest BCUT2D eigenvalue weighted by Gasteiger charge is -2.24. The smallest absolute Gasteiger partial charge is 0.120 e. The SMILES string of the molecule is c1ccc(C23CCC4(CC4)CC2O3)cc1. The van der Waals surface area contributed by atoms with Gasteiger partial charge in [-0.25, -0.2) is 0 Å². The Morgan fingerprint density at radius 2 is 1.73 bits per heavy atom. The van der Waals surface area contributed by atoms with Crippen LogP contribution in [0.4, 0.5) is 0 Å². The van der Waals surface area contributed by atoms with E-state index in [1.54, 1.807) is 0 Å². The van der Waals surface area contributed by atoms with Gasteiger partial charge in [-0.15, -0.1) is 0 Å². The second-order valence-electron chi connectivity index (χ2n) is 5.57. The summed E-state index contributed by atoms with van der Waals surface area (Å²) in [4.78, 5) is 0. The van der Waals surface area contributed by atoms with E-state index in [-0.39, 0.29) is 5.60 Å². The molecule has 1 spiro atoms. The fraction of sp³-hybridized carbons (Fsp3) is 0.571. The molecule has 2 atom stereocenters. The van der Waals surface area contributed by atoms with E-state index in [0.717, 1.165) is 5.41 Å². The zero-order valence-electron chi connectivity index (χ0n) is 8.91. The fourth-order valence-corrected chi connectivity index (χ4v) is 3.34. The van der Waals surface area contributed by atoms with Crippen LogP contribution in [0.5, 0.6) is 0 Å². The Morgan fingerprint density at radius 1 is 1.00 bits per heavy atom. The van der Waals surface area contributed by atoms with E-state index in [9.17, 15) is 0 Å². The van der Waals surface area contributed by atoms with E-state index in [0.29, 0.717) is 6.10 Å². The molecule has 1 aromatic rings. The first-order valence-electron chi connectivity index (χ1n) is 6.07. The summed E-state index contributed by atoms with van der Waals surface area (Å²) >= 11 is 0. The fourth-order valence-electron chi connectivity index (χ4n) is 3.34. The Labute approximate surface area is 90.4 Å². The zero-order valence-corrected chi connectivity index (χ0v) is 8.91. The molecule has 78 valence electrons. The molecule has 0 amide bonds. The summed E-state index contributed by atoms with van der Waals surface area (Å²) in [5.74, 6) is 0. The van der Waals surface area contributed by atoms with Gasteiger partial charge in [-0.3, -0.25) is 0 Å². The van der Waals surface area contributed by atoms with Gasteiger partial charge in [0, 0.05) is 0 Å². The van der Waals surface area contributed by atoms with E-state index in [4.69, 9.17) is 4.74 Å². The number of benzene rings is 1. The quantitative estimate of drug-likeness (QED) is 0.634. The first-order chi connectivity index (χ1) is 7.33. The zero-order chi connectivity index (χ0) is 9.93. The lowest BCUT2D eigenvalue weighted by atomic mass is 9.77. The van der Waals surface area contributed by atoms with Gasteiger partial charge in [-0.2, -0.15) is 0 Å². The minimum atomic E-state index is 0.134. The summed E-state index contributed by atoms with van der Waals surface area (Å²) in [6.45, 7) is 0. The molecule has 2 aliphatic carbocycles. The number of hydrogen-bond donors (Lipinski definition) is 0. The molecule has 1 nitrogen and oxygen atoms in total. The highest BCUT2D eigenvalue weighted by Gasteiger charge is 2.65. The van der Waals surface area contributed by atoms with Crippen molar-refractivity contribution in [3.8, 4) is 0 Å². The summed E-state index contributed by atoms with van der Waals surface area (Å²) in [6.07, 6.45) is 7.41. The number of hydrogen-bond acceptors (Lipinski definition) is 1. The molecule has 2 saturated carbocycles. The average molecular weight is 200 g/mol. The van der Waals surface area contributed by atoms with E-state index in [1.165, 1.54) is 37.7 Å². The van der Waals surface area contributed by atoms with Gasteiger partial charge in [0.2, 0.25) is 0 Å². The van der Waals surface area contributed by atoms with Crippen LogP contribution in [0.15, 0.2) is 30.3 Å². The third-order valence-electron chi connectivity index (χ3n) is 4.68. The summed E-state index contributed by atoms with van der Waals surface area (Å²) < 4.78 is 6.03. The van der Waals surface area contributed by atoms with Crippen molar-refractivity contribution >= 4 is 0 Å². The summed E-state index contributed by atoms with van der Waals surface area (Å²) in [7, 11) is 0. The maximum absolute atomic E-state index is 6.03. The Bertz CT molecular complexity index is 393. The second-order valence-corrected chi connectivity index (χ2v) is 5.57. The van der Waals surface area contributed by atoms with Crippen molar-refractivity contribution in [3.05, 3.63) is 35.9 Å². The Hall–Kier alpha value is -0.820. The molecule has 0 radical (unpaired) electrons. The van der Waals surface area contributed by atoms with Crippen molar-refractivity contribution < 1.29 is 4.74 Å². The molecule has 3 fully saturated rings. The van der Waals surface area contributed by atoms with Gasteiger partial charge in [0.25, 0.3) is 0 Å². The predicted octanol–water partition coefficient (Wildman–Crippen LogP) is 3.24. The maximum Gasteiger partial charge on any atom is 0.120 e. The van der Waals surface area contributed by atoms with Gasteiger partial charge in [0.05, 0.1) is 6.10 Å². The Kier molecular flexibility index (Phi) is 1.37. The van der Waals surface area contributed by atoms with Gasteiger partial charge in [-0.1, -0.05) is 30.3 Å². The van der Waals surface area contributed by atoms with Gasteiger partial charge in [0.1, 0.15) is 5.60 Å². The van der Waals surface area contributed by atoms with Gasteiger partial charge in [-0.05, 0) is 43.1 Å². The third kappa shape index (κ3) is 1.07. The predicted molar refractivity (Wildman–Crippen MR) is 58.5 cm³/mol. The monoisotopic (exact) mass is 200 g/mol. The van der Waals surface area contributed by atoms with Crippen LogP contribution in [0, 0.1) is 5.41 Å².